The lowest BCUT2D eigenvalue weighted by atomic mass is 10.1. The molecular formula is C13H21FO2. The average molecular weight is 228 g/mol. The molecule has 1 fully saturated rings. The third-order valence-electron chi connectivity index (χ3n) is 2.98. The summed E-state index contributed by atoms with van der Waals surface area (Å²) < 4.78 is 18.1. The Morgan fingerprint density at radius 2 is 1.88 bits per heavy atom. The monoisotopic (exact) mass is 228 g/mol. The van der Waals surface area contributed by atoms with E-state index < -0.39 is 5.60 Å². The molecule has 0 aliphatic heterocycles. The van der Waals surface area contributed by atoms with Crippen LogP contribution < -0.4 is 0 Å². The number of allylic oxidation sites excluding steroid dienone is 2. The highest BCUT2D eigenvalue weighted by Gasteiger charge is 2.62. The third kappa shape index (κ3) is 2.83. The number of esters is 1. The van der Waals surface area contributed by atoms with Crippen LogP contribution in [0, 0.1) is 17.3 Å². The number of rotatable bonds is 2. The van der Waals surface area contributed by atoms with Crippen LogP contribution in [0.3, 0.4) is 0 Å². The molecule has 0 amide bonds. The molecule has 2 atom stereocenters. The largest absolute Gasteiger partial charge is 0.460 e. The Hall–Kier alpha value is -0.860. The lowest BCUT2D eigenvalue weighted by molar-refractivity contribution is -0.157. The molecule has 1 saturated carbocycles. The Morgan fingerprint density at radius 3 is 2.25 bits per heavy atom. The Balaban J connectivity index is 2.70. The molecule has 0 aromatic rings. The first kappa shape index (κ1) is 13.2. The van der Waals surface area contributed by atoms with E-state index in [2.05, 4.69) is 0 Å². The van der Waals surface area contributed by atoms with Crippen molar-refractivity contribution in [2.75, 3.05) is 0 Å². The predicted octanol–water partition coefficient (Wildman–Crippen LogP) is 3.47. The molecule has 2 unspecified atom stereocenters. The Bertz CT molecular complexity index is 319. The quantitative estimate of drug-likeness (QED) is 0.676. The predicted molar refractivity (Wildman–Crippen MR) is 61.5 cm³/mol. The number of carbonyl (C=O) groups is 1. The summed E-state index contributed by atoms with van der Waals surface area (Å²) in [5, 5.41) is 0. The summed E-state index contributed by atoms with van der Waals surface area (Å²) in [5.41, 5.74) is -0.662. The molecule has 0 spiro atoms. The zero-order valence-corrected chi connectivity index (χ0v) is 10.9. The molecule has 2 nitrogen and oxygen atoms in total. The van der Waals surface area contributed by atoms with Gasteiger partial charge in [-0.25, -0.2) is 4.39 Å². The lowest BCUT2D eigenvalue weighted by Crippen LogP contribution is -2.26. The van der Waals surface area contributed by atoms with Gasteiger partial charge >= 0.3 is 5.97 Å². The van der Waals surface area contributed by atoms with Crippen LogP contribution in [0.2, 0.25) is 0 Å². The molecule has 0 radical (unpaired) electrons. The lowest BCUT2D eigenvalue weighted by Gasteiger charge is -2.19. The molecule has 92 valence electrons. The van der Waals surface area contributed by atoms with Crippen molar-refractivity contribution < 1.29 is 13.9 Å². The molecule has 1 rings (SSSR count). The normalized spacial score (nSPS) is 28.8. The molecule has 0 saturated heterocycles. The van der Waals surface area contributed by atoms with Gasteiger partial charge in [0.15, 0.2) is 0 Å². The fraction of sp³-hybridized carbons (Fsp3) is 0.769. The summed E-state index contributed by atoms with van der Waals surface area (Å²) in [5.74, 6) is -0.700. The van der Waals surface area contributed by atoms with E-state index in [9.17, 15) is 9.18 Å². The Labute approximate surface area is 96.9 Å². The molecule has 0 aromatic carbocycles. The maximum Gasteiger partial charge on any atom is 0.310 e. The summed E-state index contributed by atoms with van der Waals surface area (Å²) >= 11 is 0. The minimum Gasteiger partial charge on any atom is -0.460 e. The van der Waals surface area contributed by atoms with Gasteiger partial charge in [-0.1, -0.05) is 13.8 Å². The third-order valence-corrected chi connectivity index (χ3v) is 2.98. The molecule has 16 heavy (non-hydrogen) atoms. The van der Waals surface area contributed by atoms with Gasteiger partial charge in [0.1, 0.15) is 5.60 Å². The van der Waals surface area contributed by atoms with Crippen molar-refractivity contribution in [2.45, 2.75) is 47.1 Å². The van der Waals surface area contributed by atoms with Gasteiger partial charge in [0.2, 0.25) is 0 Å². The molecule has 1 aliphatic rings. The van der Waals surface area contributed by atoms with Crippen LogP contribution in [0.15, 0.2) is 11.9 Å². The molecule has 1 aliphatic carbocycles. The van der Waals surface area contributed by atoms with E-state index in [1.54, 1.807) is 0 Å². The van der Waals surface area contributed by atoms with E-state index in [-0.39, 0.29) is 29.0 Å². The molecule has 0 heterocycles. The van der Waals surface area contributed by atoms with E-state index >= 15 is 0 Å². The zero-order valence-electron chi connectivity index (χ0n) is 10.9. The highest BCUT2D eigenvalue weighted by Crippen LogP contribution is 2.60. The standard InChI is InChI=1S/C13H21FO2/c1-8(14)7-9-10(13(9,5)6)11(15)16-12(2,3)4/h7,9-10H,1-6H3. The van der Waals surface area contributed by atoms with E-state index in [1.807, 2.05) is 34.6 Å². The summed E-state index contributed by atoms with van der Waals surface area (Å²) in [7, 11) is 0. The van der Waals surface area contributed by atoms with Gasteiger partial charge in [0.05, 0.1) is 11.7 Å². The van der Waals surface area contributed by atoms with Crippen LogP contribution in [0.5, 0.6) is 0 Å². The first-order valence-corrected chi connectivity index (χ1v) is 5.62. The number of hydrogen-bond acceptors (Lipinski definition) is 2. The van der Waals surface area contributed by atoms with Crippen molar-refractivity contribution in [3.05, 3.63) is 11.9 Å². The minimum atomic E-state index is -0.477. The van der Waals surface area contributed by atoms with Gasteiger partial charge in [-0.05, 0) is 45.1 Å². The molecular weight excluding hydrogens is 207 g/mol. The number of carbonyl (C=O) groups excluding carboxylic acids is 1. The van der Waals surface area contributed by atoms with Gasteiger partial charge < -0.3 is 4.74 Å². The Morgan fingerprint density at radius 1 is 1.38 bits per heavy atom. The van der Waals surface area contributed by atoms with E-state index in [0.717, 1.165) is 0 Å². The minimum absolute atomic E-state index is 0.0349. The molecule has 3 heteroatoms. The zero-order chi connectivity index (χ0) is 12.7. The maximum absolute atomic E-state index is 12.8. The molecule has 0 N–H and O–H groups in total. The first-order chi connectivity index (χ1) is 7.05. The molecule has 0 aromatic heterocycles. The van der Waals surface area contributed by atoms with Crippen LogP contribution in [-0.4, -0.2) is 11.6 Å². The van der Waals surface area contributed by atoms with Crippen LogP contribution in [-0.2, 0) is 9.53 Å². The van der Waals surface area contributed by atoms with E-state index in [0.29, 0.717) is 0 Å². The molecule has 0 bridgehead atoms. The van der Waals surface area contributed by atoms with Gasteiger partial charge in [0, 0.05) is 0 Å². The summed E-state index contributed by atoms with van der Waals surface area (Å²) in [6.45, 7) is 10.8. The summed E-state index contributed by atoms with van der Waals surface area (Å²) in [6.07, 6.45) is 1.52. The SMILES string of the molecule is CC(F)=CC1C(C(=O)OC(C)(C)C)C1(C)C. The van der Waals surface area contributed by atoms with Gasteiger partial charge in [-0.3, -0.25) is 4.79 Å². The first-order valence-electron chi connectivity index (χ1n) is 5.62. The summed E-state index contributed by atoms with van der Waals surface area (Å²) in [4.78, 5) is 11.9. The number of halogens is 1. The maximum atomic E-state index is 12.8. The van der Waals surface area contributed by atoms with Crippen LogP contribution in [0.1, 0.15) is 41.5 Å². The van der Waals surface area contributed by atoms with Crippen molar-refractivity contribution >= 4 is 5.97 Å². The van der Waals surface area contributed by atoms with E-state index in [1.165, 1.54) is 13.0 Å². The fourth-order valence-electron chi connectivity index (χ4n) is 2.05. The van der Waals surface area contributed by atoms with Gasteiger partial charge in [-0.2, -0.15) is 0 Å². The van der Waals surface area contributed by atoms with Gasteiger partial charge in [0.25, 0.3) is 0 Å². The summed E-state index contributed by atoms with van der Waals surface area (Å²) in [6, 6.07) is 0. The Kier molecular flexibility index (Phi) is 3.19. The van der Waals surface area contributed by atoms with Crippen LogP contribution in [0.4, 0.5) is 4.39 Å². The van der Waals surface area contributed by atoms with Crippen molar-refractivity contribution in [3.8, 4) is 0 Å². The second-order valence-corrected chi connectivity index (χ2v) is 6.11. The van der Waals surface area contributed by atoms with Crippen molar-refractivity contribution in [1.82, 2.24) is 0 Å². The topological polar surface area (TPSA) is 26.3 Å². The van der Waals surface area contributed by atoms with Crippen molar-refractivity contribution in [3.63, 3.8) is 0 Å². The second-order valence-electron chi connectivity index (χ2n) is 6.11. The van der Waals surface area contributed by atoms with Gasteiger partial charge in [-0.15, -0.1) is 0 Å². The number of hydrogen-bond donors (Lipinski definition) is 0. The van der Waals surface area contributed by atoms with Crippen molar-refractivity contribution in [2.24, 2.45) is 17.3 Å². The number of ether oxygens (including phenoxy) is 1. The fourth-order valence-corrected chi connectivity index (χ4v) is 2.05. The smallest absolute Gasteiger partial charge is 0.310 e. The van der Waals surface area contributed by atoms with Crippen LogP contribution >= 0.6 is 0 Å². The van der Waals surface area contributed by atoms with Crippen molar-refractivity contribution in [1.29, 1.82) is 0 Å². The highest BCUT2D eigenvalue weighted by molar-refractivity contribution is 5.78. The van der Waals surface area contributed by atoms with E-state index in [4.69, 9.17) is 4.74 Å². The highest BCUT2D eigenvalue weighted by atomic mass is 19.1. The van der Waals surface area contributed by atoms with Crippen LogP contribution in [0.25, 0.3) is 0 Å². The second kappa shape index (κ2) is 3.86. The average Bonchev–Trinajstić information content (AvgIpc) is 2.47.